The van der Waals surface area contributed by atoms with Crippen molar-refractivity contribution in [2.24, 2.45) is 0 Å². The summed E-state index contributed by atoms with van der Waals surface area (Å²) in [7, 11) is 0. The second-order valence-corrected chi connectivity index (χ2v) is 8.68. The van der Waals surface area contributed by atoms with E-state index in [4.69, 9.17) is 5.26 Å². The van der Waals surface area contributed by atoms with Crippen LogP contribution in [0.5, 0.6) is 0 Å². The Balaban J connectivity index is 1.54. The fourth-order valence-electron chi connectivity index (χ4n) is 5.01. The van der Waals surface area contributed by atoms with Crippen molar-refractivity contribution >= 4 is 28.2 Å². The van der Waals surface area contributed by atoms with Gasteiger partial charge >= 0.3 is 5.97 Å². The van der Waals surface area contributed by atoms with Gasteiger partial charge in [0, 0.05) is 48.9 Å². The molecule has 0 spiro atoms. The monoisotopic (exact) mass is 442 g/mol. The molecule has 1 atom stereocenters. The van der Waals surface area contributed by atoms with E-state index in [-0.39, 0.29) is 11.9 Å². The Morgan fingerprint density at radius 3 is 2.82 bits per heavy atom. The lowest BCUT2D eigenvalue weighted by Crippen LogP contribution is -2.51. The highest BCUT2D eigenvalue weighted by molar-refractivity contribution is 5.97. The number of benzene rings is 2. The van der Waals surface area contributed by atoms with Gasteiger partial charge in [-0.15, -0.1) is 0 Å². The summed E-state index contributed by atoms with van der Waals surface area (Å²) in [5, 5.41) is 24.6. The average Bonchev–Trinajstić information content (AvgIpc) is 2.83. The van der Waals surface area contributed by atoms with Crippen LogP contribution >= 0.6 is 0 Å². The Kier molecular flexibility index (Phi) is 5.56. The first-order valence-electron chi connectivity index (χ1n) is 11.3. The van der Waals surface area contributed by atoms with Crippen LogP contribution in [-0.2, 0) is 13.0 Å². The maximum Gasteiger partial charge on any atom is 0.374 e. The van der Waals surface area contributed by atoms with Crippen LogP contribution in [0.3, 0.4) is 0 Å². The molecule has 3 heterocycles. The van der Waals surface area contributed by atoms with E-state index < -0.39 is 5.97 Å². The Morgan fingerprint density at radius 1 is 1.21 bits per heavy atom. The van der Waals surface area contributed by atoms with Gasteiger partial charge in [0.2, 0.25) is 5.82 Å². The first-order valence-corrected chi connectivity index (χ1v) is 11.3. The second-order valence-electron chi connectivity index (χ2n) is 8.68. The van der Waals surface area contributed by atoms with Crippen molar-refractivity contribution in [3.63, 3.8) is 0 Å². The molecule has 0 saturated carbocycles. The molecule has 168 valence electrons. The van der Waals surface area contributed by atoms with Gasteiger partial charge in [0.15, 0.2) is 0 Å². The summed E-state index contributed by atoms with van der Waals surface area (Å²) in [6.07, 6.45) is 1.14. The van der Waals surface area contributed by atoms with Crippen LogP contribution in [0, 0.1) is 18.3 Å². The third-order valence-electron chi connectivity index (χ3n) is 6.56. The van der Waals surface area contributed by atoms with E-state index in [2.05, 4.69) is 74.5 Å². The lowest BCUT2D eigenvalue weighted by Gasteiger charge is -2.37. The first-order chi connectivity index (χ1) is 16.0. The smallest absolute Gasteiger partial charge is 0.374 e. The molecular weight excluding hydrogens is 416 g/mol. The number of piperazine rings is 1. The van der Waals surface area contributed by atoms with Crippen molar-refractivity contribution < 1.29 is 9.90 Å². The quantitative estimate of drug-likeness (QED) is 0.635. The summed E-state index contributed by atoms with van der Waals surface area (Å²) >= 11 is 0. The van der Waals surface area contributed by atoms with Crippen LogP contribution in [0.1, 0.15) is 33.9 Å². The van der Waals surface area contributed by atoms with Crippen molar-refractivity contribution in [2.45, 2.75) is 32.4 Å². The van der Waals surface area contributed by atoms with Crippen LogP contribution in [0.2, 0.25) is 0 Å². The molecule has 1 saturated heterocycles. The summed E-state index contributed by atoms with van der Waals surface area (Å²) in [4.78, 5) is 25.2. The number of hydrogen-bond donors (Lipinski definition) is 2. The van der Waals surface area contributed by atoms with Crippen molar-refractivity contribution in [1.29, 1.82) is 5.26 Å². The van der Waals surface area contributed by atoms with E-state index in [0.29, 0.717) is 25.3 Å². The van der Waals surface area contributed by atoms with Gasteiger partial charge in [-0.2, -0.15) is 5.26 Å². The standard InChI is InChI=1S/C25H26N6O2/c1-16-4-2-5-17-6-3-7-21(22(16)17)30-12-9-19-20(15-30)28-23(25(32)33)29-24(19)31-13-11-27-18(14-31)8-10-26/h2-7,18,27H,8-9,11-15H2,1H3,(H,32,33)/t18-/m0/s1. The zero-order valence-electron chi connectivity index (χ0n) is 18.6. The summed E-state index contributed by atoms with van der Waals surface area (Å²) < 4.78 is 0. The molecular formula is C25H26N6O2. The molecule has 0 amide bonds. The Bertz CT molecular complexity index is 1260. The SMILES string of the molecule is Cc1cccc2cccc(N3CCc4c(nc(C(=O)O)nc4N4CCN[C@@H](CC#N)C4)C3)c12. The molecule has 5 rings (SSSR count). The number of rotatable bonds is 4. The van der Waals surface area contributed by atoms with E-state index >= 15 is 0 Å². The molecule has 2 N–H and O–H groups in total. The predicted octanol–water partition coefficient (Wildman–Crippen LogP) is 2.89. The highest BCUT2D eigenvalue weighted by Gasteiger charge is 2.29. The number of aromatic carboxylic acids is 1. The number of aryl methyl sites for hydroxylation is 1. The largest absolute Gasteiger partial charge is 0.475 e. The number of aromatic nitrogens is 2. The number of carbonyl (C=O) groups is 1. The van der Waals surface area contributed by atoms with Gasteiger partial charge in [0.25, 0.3) is 0 Å². The van der Waals surface area contributed by atoms with Crippen LogP contribution in [-0.4, -0.2) is 53.3 Å². The summed E-state index contributed by atoms with van der Waals surface area (Å²) in [6, 6.07) is 14.9. The first kappa shape index (κ1) is 21.2. The lowest BCUT2D eigenvalue weighted by atomic mass is 9.99. The summed E-state index contributed by atoms with van der Waals surface area (Å²) in [5.41, 5.74) is 4.15. The molecule has 1 aromatic heterocycles. The molecule has 2 aliphatic heterocycles. The van der Waals surface area contributed by atoms with E-state index in [1.54, 1.807) is 0 Å². The normalized spacial score (nSPS) is 18.1. The minimum atomic E-state index is -1.12. The van der Waals surface area contributed by atoms with E-state index in [0.717, 1.165) is 43.0 Å². The molecule has 2 aromatic carbocycles. The number of anilines is 2. The van der Waals surface area contributed by atoms with Gasteiger partial charge < -0.3 is 20.2 Å². The highest BCUT2D eigenvalue weighted by atomic mass is 16.4. The number of fused-ring (bicyclic) bond motifs is 2. The van der Waals surface area contributed by atoms with Gasteiger partial charge in [-0.1, -0.05) is 30.3 Å². The number of nitrogens with zero attached hydrogens (tertiary/aromatic N) is 5. The number of carboxylic acid groups (broad SMARTS) is 1. The Morgan fingerprint density at radius 2 is 2.03 bits per heavy atom. The molecule has 2 aliphatic rings. The van der Waals surface area contributed by atoms with Crippen molar-refractivity contribution in [2.75, 3.05) is 36.0 Å². The van der Waals surface area contributed by atoms with Crippen LogP contribution in [0.15, 0.2) is 36.4 Å². The summed E-state index contributed by atoms with van der Waals surface area (Å²) in [5.74, 6) is -0.591. The molecule has 0 bridgehead atoms. The molecule has 0 radical (unpaired) electrons. The topological polar surface area (TPSA) is 105 Å². The Hall–Kier alpha value is -3.70. The van der Waals surface area contributed by atoms with Gasteiger partial charge in [0.1, 0.15) is 5.82 Å². The predicted molar refractivity (Wildman–Crippen MR) is 127 cm³/mol. The average molecular weight is 443 g/mol. The third-order valence-corrected chi connectivity index (χ3v) is 6.56. The fourth-order valence-corrected chi connectivity index (χ4v) is 5.01. The molecule has 1 fully saturated rings. The van der Waals surface area contributed by atoms with E-state index in [1.807, 2.05) is 0 Å². The number of nitriles is 1. The van der Waals surface area contributed by atoms with Gasteiger partial charge in [-0.3, -0.25) is 0 Å². The Labute approximate surface area is 192 Å². The van der Waals surface area contributed by atoms with Crippen molar-refractivity contribution in [3.05, 3.63) is 59.0 Å². The van der Waals surface area contributed by atoms with Crippen LogP contribution in [0.25, 0.3) is 10.8 Å². The number of carboxylic acids is 1. The van der Waals surface area contributed by atoms with Crippen LogP contribution in [0.4, 0.5) is 11.5 Å². The van der Waals surface area contributed by atoms with E-state index in [1.165, 1.54) is 16.3 Å². The molecule has 8 nitrogen and oxygen atoms in total. The van der Waals surface area contributed by atoms with Gasteiger partial charge in [-0.05, 0) is 30.4 Å². The second kappa shape index (κ2) is 8.68. The molecule has 33 heavy (non-hydrogen) atoms. The fraction of sp³-hybridized carbons (Fsp3) is 0.360. The van der Waals surface area contributed by atoms with E-state index in [9.17, 15) is 9.90 Å². The van der Waals surface area contributed by atoms with Crippen molar-refractivity contribution in [3.8, 4) is 6.07 Å². The molecule has 3 aromatic rings. The van der Waals surface area contributed by atoms with Gasteiger partial charge in [0.05, 0.1) is 24.7 Å². The number of hydrogen-bond acceptors (Lipinski definition) is 7. The molecule has 0 unspecified atom stereocenters. The molecule has 0 aliphatic carbocycles. The minimum absolute atomic E-state index is 0.0430. The molecule has 8 heteroatoms. The maximum absolute atomic E-state index is 11.8. The number of nitrogens with one attached hydrogen (secondary N) is 1. The van der Waals surface area contributed by atoms with Gasteiger partial charge in [-0.25, -0.2) is 14.8 Å². The van der Waals surface area contributed by atoms with Crippen molar-refractivity contribution in [1.82, 2.24) is 15.3 Å². The zero-order valence-corrected chi connectivity index (χ0v) is 18.6. The lowest BCUT2D eigenvalue weighted by molar-refractivity contribution is 0.0683. The highest BCUT2D eigenvalue weighted by Crippen LogP contribution is 2.34. The maximum atomic E-state index is 11.8. The van der Waals surface area contributed by atoms with Crippen LogP contribution < -0.4 is 15.1 Å². The zero-order chi connectivity index (χ0) is 22.9. The third kappa shape index (κ3) is 3.96. The minimum Gasteiger partial charge on any atom is -0.475 e. The summed E-state index contributed by atoms with van der Waals surface area (Å²) in [6.45, 7) is 5.53.